The van der Waals surface area contributed by atoms with Gasteiger partial charge in [0.05, 0.1) is 0 Å². The summed E-state index contributed by atoms with van der Waals surface area (Å²) in [5, 5.41) is 4.90. The first-order valence-corrected chi connectivity index (χ1v) is 10.4. The van der Waals surface area contributed by atoms with Gasteiger partial charge >= 0.3 is 0 Å². The maximum absolute atomic E-state index is 3.75. The zero-order chi connectivity index (χ0) is 18.4. The fourth-order valence-corrected chi connectivity index (χ4v) is 4.88. The molecule has 1 saturated heterocycles. The molecule has 1 aliphatic carbocycles. The highest BCUT2D eigenvalue weighted by Gasteiger charge is 2.20. The van der Waals surface area contributed by atoms with Crippen LogP contribution in [0.2, 0.25) is 0 Å². The molecule has 2 heterocycles. The Morgan fingerprint density at radius 1 is 1.00 bits per heavy atom. The predicted octanol–water partition coefficient (Wildman–Crippen LogP) is 5.99. The molecule has 1 fully saturated rings. The monoisotopic (exact) mass is 356 g/mol. The molecule has 0 radical (unpaired) electrons. The summed E-state index contributed by atoms with van der Waals surface area (Å²) in [6, 6.07) is 14.0. The zero-order valence-corrected chi connectivity index (χ0v) is 16.3. The standard InChI is InChI=1S/C25H28N2/c1-16(2)24-22-15-20(18-10-12-26-13-11-18)8-9-23(22)27-25(24)21-7-6-17-4-3-5-19(17)14-21/h3-4,6-9,14-16,18,26-27H,5,10-13H2,1-2H3. The van der Waals surface area contributed by atoms with E-state index in [0.717, 1.165) is 19.5 Å². The van der Waals surface area contributed by atoms with Crippen molar-refractivity contribution in [1.82, 2.24) is 10.3 Å². The van der Waals surface area contributed by atoms with Gasteiger partial charge in [-0.3, -0.25) is 0 Å². The lowest BCUT2D eigenvalue weighted by Crippen LogP contribution is -2.26. The fraction of sp³-hybridized carbons (Fsp3) is 0.360. The molecule has 0 atom stereocenters. The third kappa shape index (κ3) is 2.93. The zero-order valence-electron chi connectivity index (χ0n) is 16.3. The average molecular weight is 357 g/mol. The van der Waals surface area contributed by atoms with Gasteiger partial charge in [0, 0.05) is 16.6 Å². The van der Waals surface area contributed by atoms with Crippen molar-refractivity contribution in [2.24, 2.45) is 0 Å². The van der Waals surface area contributed by atoms with Gasteiger partial charge in [-0.15, -0.1) is 0 Å². The van der Waals surface area contributed by atoms with Gasteiger partial charge in [-0.2, -0.15) is 0 Å². The molecule has 5 rings (SSSR count). The Bertz CT molecular complexity index is 1020. The Balaban J connectivity index is 1.63. The smallest absolute Gasteiger partial charge is 0.0500 e. The van der Waals surface area contributed by atoms with Crippen LogP contribution in [0.15, 0.2) is 42.5 Å². The summed E-state index contributed by atoms with van der Waals surface area (Å²) in [6.07, 6.45) is 8.04. The second kappa shape index (κ2) is 6.69. The van der Waals surface area contributed by atoms with Gasteiger partial charge in [0.2, 0.25) is 0 Å². The van der Waals surface area contributed by atoms with Crippen molar-refractivity contribution in [3.8, 4) is 11.3 Å². The number of piperidine rings is 1. The normalized spacial score (nSPS) is 17.1. The summed E-state index contributed by atoms with van der Waals surface area (Å²) < 4.78 is 0. The van der Waals surface area contributed by atoms with E-state index in [9.17, 15) is 0 Å². The average Bonchev–Trinajstić information content (AvgIpc) is 3.31. The molecule has 2 N–H and O–H groups in total. The van der Waals surface area contributed by atoms with Crippen LogP contribution in [0.25, 0.3) is 28.2 Å². The van der Waals surface area contributed by atoms with Gasteiger partial charge < -0.3 is 10.3 Å². The highest BCUT2D eigenvalue weighted by atomic mass is 14.9. The summed E-state index contributed by atoms with van der Waals surface area (Å²) in [5.41, 5.74) is 9.68. The minimum absolute atomic E-state index is 0.489. The number of hydrogen-bond acceptors (Lipinski definition) is 1. The maximum Gasteiger partial charge on any atom is 0.0500 e. The SMILES string of the molecule is CC(C)c1c(-c2ccc3c(c2)CC=C3)[nH]c2ccc(C3CCNCC3)cc12. The number of H-pyrrole nitrogens is 1. The second-order valence-electron chi connectivity index (χ2n) is 8.42. The highest BCUT2D eigenvalue weighted by Crippen LogP contribution is 2.38. The van der Waals surface area contributed by atoms with Crippen LogP contribution in [0.5, 0.6) is 0 Å². The third-order valence-electron chi connectivity index (χ3n) is 6.32. The van der Waals surface area contributed by atoms with E-state index in [2.05, 4.69) is 72.7 Å². The lowest BCUT2D eigenvalue weighted by molar-refractivity contribution is 0.460. The fourth-order valence-electron chi connectivity index (χ4n) is 4.88. The molecule has 138 valence electrons. The Hall–Kier alpha value is -2.32. The molecular weight excluding hydrogens is 328 g/mol. The summed E-state index contributed by atoms with van der Waals surface area (Å²) in [4.78, 5) is 3.75. The minimum atomic E-state index is 0.489. The van der Waals surface area contributed by atoms with Crippen LogP contribution in [0.1, 0.15) is 60.8 Å². The first-order valence-electron chi connectivity index (χ1n) is 10.4. The van der Waals surface area contributed by atoms with Gasteiger partial charge in [0.15, 0.2) is 0 Å². The Morgan fingerprint density at radius 2 is 1.85 bits per heavy atom. The van der Waals surface area contributed by atoms with Gasteiger partial charge in [0.1, 0.15) is 0 Å². The second-order valence-corrected chi connectivity index (χ2v) is 8.42. The van der Waals surface area contributed by atoms with E-state index >= 15 is 0 Å². The molecule has 0 amide bonds. The Labute approximate surface area is 161 Å². The summed E-state index contributed by atoms with van der Waals surface area (Å²) in [5.74, 6) is 1.18. The molecule has 2 aliphatic rings. The van der Waals surface area contributed by atoms with Crippen molar-refractivity contribution in [2.45, 2.75) is 44.9 Å². The maximum atomic E-state index is 3.75. The van der Waals surface area contributed by atoms with E-state index in [1.54, 1.807) is 0 Å². The molecule has 0 bridgehead atoms. The van der Waals surface area contributed by atoms with Gasteiger partial charge in [0.25, 0.3) is 0 Å². The molecule has 1 aromatic heterocycles. The first kappa shape index (κ1) is 16.8. The Morgan fingerprint density at radius 3 is 2.67 bits per heavy atom. The van der Waals surface area contributed by atoms with E-state index in [1.807, 2.05) is 0 Å². The van der Waals surface area contributed by atoms with E-state index in [0.29, 0.717) is 11.8 Å². The van der Waals surface area contributed by atoms with Crippen molar-refractivity contribution in [1.29, 1.82) is 0 Å². The largest absolute Gasteiger partial charge is 0.354 e. The molecular formula is C25H28N2. The van der Waals surface area contributed by atoms with Crippen molar-refractivity contribution in [3.63, 3.8) is 0 Å². The summed E-state index contributed by atoms with van der Waals surface area (Å²) >= 11 is 0. The number of allylic oxidation sites excluding steroid dienone is 1. The van der Waals surface area contributed by atoms with Crippen LogP contribution in [0.4, 0.5) is 0 Å². The predicted molar refractivity (Wildman–Crippen MR) is 115 cm³/mol. The van der Waals surface area contributed by atoms with Crippen LogP contribution in [-0.4, -0.2) is 18.1 Å². The molecule has 27 heavy (non-hydrogen) atoms. The van der Waals surface area contributed by atoms with Crippen molar-refractivity contribution >= 4 is 17.0 Å². The number of aromatic amines is 1. The summed E-state index contributed by atoms with van der Waals surface area (Å²) in [7, 11) is 0. The van der Waals surface area contributed by atoms with Crippen LogP contribution >= 0.6 is 0 Å². The van der Waals surface area contributed by atoms with Crippen LogP contribution in [0.3, 0.4) is 0 Å². The molecule has 3 aromatic rings. The van der Waals surface area contributed by atoms with E-state index in [-0.39, 0.29) is 0 Å². The molecule has 2 heteroatoms. The lowest BCUT2D eigenvalue weighted by Gasteiger charge is -2.23. The Kier molecular flexibility index (Phi) is 4.17. The van der Waals surface area contributed by atoms with E-state index in [1.165, 1.54) is 57.3 Å². The molecule has 2 aromatic carbocycles. The van der Waals surface area contributed by atoms with Crippen molar-refractivity contribution < 1.29 is 0 Å². The number of fused-ring (bicyclic) bond motifs is 2. The molecule has 2 nitrogen and oxygen atoms in total. The van der Waals surface area contributed by atoms with E-state index < -0.39 is 0 Å². The number of rotatable bonds is 3. The minimum Gasteiger partial charge on any atom is -0.354 e. The third-order valence-corrected chi connectivity index (χ3v) is 6.32. The highest BCUT2D eigenvalue weighted by molar-refractivity contribution is 5.92. The molecule has 0 spiro atoms. The first-order chi connectivity index (χ1) is 13.2. The van der Waals surface area contributed by atoms with Crippen LogP contribution in [0, 0.1) is 0 Å². The van der Waals surface area contributed by atoms with Crippen LogP contribution in [-0.2, 0) is 6.42 Å². The van der Waals surface area contributed by atoms with Crippen molar-refractivity contribution in [2.75, 3.05) is 13.1 Å². The van der Waals surface area contributed by atoms with Gasteiger partial charge in [-0.05, 0) is 90.2 Å². The molecule has 1 aliphatic heterocycles. The van der Waals surface area contributed by atoms with Gasteiger partial charge in [-0.25, -0.2) is 0 Å². The van der Waals surface area contributed by atoms with Crippen molar-refractivity contribution in [3.05, 3.63) is 64.7 Å². The number of aromatic nitrogens is 1. The quantitative estimate of drug-likeness (QED) is 0.592. The lowest BCUT2D eigenvalue weighted by atomic mass is 9.88. The number of nitrogens with one attached hydrogen (secondary N) is 2. The van der Waals surface area contributed by atoms with Gasteiger partial charge in [-0.1, -0.05) is 44.2 Å². The molecule has 0 saturated carbocycles. The number of benzene rings is 2. The van der Waals surface area contributed by atoms with E-state index in [4.69, 9.17) is 0 Å². The number of hydrogen-bond donors (Lipinski definition) is 2. The summed E-state index contributed by atoms with van der Waals surface area (Å²) in [6.45, 7) is 6.92. The molecule has 0 unspecified atom stereocenters. The topological polar surface area (TPSA) is 27.8 Å². The van der Waals surface area contributed by atoms with Crippen LogP contribution < -0.4 is 5.32 Å².